The molecule has 0 bridgehead atoms. The van der Waals surface area contributed by atoms with Crippen LogP contribution in [0.1, 0.15) is 37.4 Å². The second kappa shape index (κ2) is 6.71. The molecule has 0 radical (unpaired) electrons. The number of amides is 2. The van der Waals surface area contributed by atoms with Gasteiger partial charge in [0.15, 0.2) is 0 Å². The maximum absolute atomic E-state index is 12.4. The minimum absolute atomic E-state index is 0.247. The number of nitrogens with one attached hydrogen (secondary N) is 1. The summed E-state index contributed by atoms with van der Waals surface area (Å²) in [6.45, 7) is 6.43. The van der Waals surface area contributed by atoms with Gasteiger partial charge in [-0.2, -0.15) is 0 Å². The normalized spacial score (nSPS) is 12.6. The van der Waals surface area contributed by atoms with Crippen LogP contribution in [0.15, 0.2) is 17.5 Å². The molecule has 0 spiro atoms. The molecule has 1 rings (SSSR count). The Hall–Kier alpha value is -1.89. The smallest absolute Gasteiger partial charge is 0.329 e. The molecule has 116 valence electrons. The molecule has 0 aliphatic rings. The first-order chi connectivity index (χ1) is 9.71. The SMILES string of the molecule is CCN(C(=O)C(C)NC(=O)c1cccs1)C(C)(C)C(=O)O. The molecule has 2 N–H and O–H groups in total. The van der Waals surface area contributed by atoms with Crippen LogP contribution in [0.5, 0.6) is 0 Å². The van der Waals surface area contributed by atoms with Crippen molar-refractivity contribution < 1.29 is 19.5 Å². The van der Waals surface area contributed by atoms with Crippen molar-refractivity contribution in [3.63, 3.8) is 0 Å². The van der Waals surface area contributed by atoms with E-state index in [-0.39, 0.29) is 12.5 Å². The van der Waals surface area contributed by atoms with E-state index in [1.807, 2.05) is 0 Å². The third-order valence-electron chi connectivity index (χ3n) is 3.24. The zero-order chi connectivity index (χ0) is 16.2. The number of hydrogen-bond donors (Lipinski definition) is 2. The molecule has 1 unspecified atom stereocenters. The van der Waals surface area contributed by atoms with Crippen LogP contribution in [-0.4, -0.2) is 45.9 Å². The minimum Gasteiger partial charge on any atom is -0.480 e. The predicted molar refractivity (Wildman–Crippen MR) is 80.3 cm³/mol. The molecular formula is C14H20N2O4S. The summed E-state index contributed by atoms with van der Waals surface area (Å²) in [7, 11) is 0. The van der Waals surface area contributed by atoms with Crippen molar-refractivity contribution in [2.24, 2.45) is 0 Å². The van der Waals surface area contributed by atoms with Gasteiger partial charge in [0.2, 0.25) is 5.91 Å². The van der Waals surface area contributed by atoms with Crippen molar-refractivity contribution in [2.75, 3.05) is 6.54 Å². The van der Waals surface area contributed by atoms with Crippen molar-refractivity contribution in [3.05, 3.63) is 22.4 Å². The standard InChI is InChI=1S/C14H20N2O4S/c1-5-16(14(3,4)13(19)20)12(18)9(2)15-11(17)10-7-6-8-21-10/h6-9H,5H2,1-4H3,(H,15,17)(H,19,20). The molecule has 1 atom stereocenters. The lowest BCUT2D eigenvalue weighted by Gasteiger charge is -2.36. The van der Waals surface area contributed by atoms with Gasteiger partial charge in [-0.3, -0.25) is 9.59 Å². The first kappa shape index (κ1) is 17.2. The van der Waals surface area contributed by atoms with Crippen LogP contribution in [0.3, 0.4) is 0 Å². The summed E-state index contributed by atoms with van der Waals surface area (Å²) in [5.41, 5.74) is -1.33. The lowest BCUT2D eigenvalue weighted by molar-refractivity contribution is -0.157. The van der Waals surface area contributed by atoms with Crippen molar-refractivity contribution in [3.8, 4) is 0 Å². The Morgan fingerprint density at radius 3 is 2.48 bits per heavy atom. The molecule has 0 fully saturated rings. The summed E-state index contributed by atoms with van der Waals surface area (Å²) in [5.74, 6) is -1.85. The largest absolute Gasteiger partial charge is 0.480 e. The van der Waals surface area contributed by atoms with Gasteiger partial charge in [0.05, 0.1) is 4.88 Å². The third kappa shape index (κ3) is 3.81. The summed E-state index contributed by atoms with van der Waals surface area (Å²) in [4.78, 5) is 37.3. The first-order valence-electron chi connectivity index (χ1n) is 6.61. The van der Waals surface area contributed by atoms with Crippen LogP contribution in [0.25, 0.3) is 0 Å². The van der Waals surface area contributed by atoms with E-state index in [9.17, 15) is 19.5 Å². The molecule has 0 aliphatic heterocycles. The zero-order valence-corrected chi connectivity index (χ0v) is 13.4. The van der Waals surface area contributed by atoms with E-state index >= 15 is 0 Å². The number of carbonyl (C=O) groups is 3. The Kier molecular flexibility index (Phi) is 5.48. The molecule has 0 aromatic carbocycles. The number of aliphatic carboxylic acids is 1. The predicted octanol–water partition coefficient (Wildman–Crippen LogP) is 1.58. The molecule has 6 nitrogen and oxygen atoms in total. The van der Waals surface area contributed by atoms with Crippen LogP contribution < -0.4 is 5.32 Å². The molecule has 0 saturated carbocycles. The van der Waals surface area contributed by atoms with Gasteiger partial charge in [-0.1, -0.05) is 6.07 Å². The van der Waals surface area contributed by atoms with Gasteiger partial charge < -0.3 is 15.3 Å². The van der Waals surface area contributed by atoms with Gasteiger partial charge in [0.1, 0.15) is 11.6 Å². The monoisotopic (exact) mass is 312 g/mol. The molecular weight excluding hydrogens is 292 g/mol. The molecule has 2 amide bonds. The van der Waals surface area contributed by atoms with Gasteiger partial charge >= 0.3 is 5.97 Å². The Labute approximate surface area is 127 Å². The van der Waals surface area contributed by atoms with E-state index in [2.05, 4.69) is 5.32 Å². The quantitative estimate of drug-likeness (QED) is 0.835. The van der Waals surface area contributed by atoms with Gasteiger partial charge in [0, 0.05) is 6.54 Å². The molecule has 0 aliphatic carbocycles. The molecule has 1 aromatic rings. The Morgan fingerprint density at radius 1 is 1.43 bits per heavy atom. The Morgan fingerprint density at radius 2 is 2.05 bits per heavy atom. The van der Waals surface area contributed by atoms with Crippen LogP contribution >= 0.6 is 11.3 Å². The highest BCUT2D eigenvalue weighted by Crippen LogP contribution is 2.16. The molecule has 21 heavy (non-hydrogen) atoms. The Bertz CT molecular complexity index is 525. The summed E-state index contributed by atoms with van der Waals surface area (Å²) < 4.78 is 0. The van der Waals surface area contributed by atoms with Crippen molar-refractivity contribution in [2.45, 2.75) is 39.3 Å². The number of carboxylic acid groups (broad SMARTS) is 1. The third-order valence-corrected chi connectivity index (χ3v) is 4.11. The minimum atomic E-state index is -1.33. The van der Waals surface area contributed by atoms with E-state index in [0.717, 1.165) is 0 Å². The zero-order valence-electron chi connectivity index (χ0n) is 12.5. The maximum Gasteiger partial charge on any atom is 0.329 e. The first-order valence-corrected chi connectivity index (χ1v) is 7.49. The number of carbonyl (C=O) groups excluding carboxylic acids is 2. The van der Waals surface area contributed by atoms with Gasteiger partial charge in [-0.25, -0.2) is 4.79 Å². The highest BCUT2D eigenvalue weighted by atomic mass is 32.1. The summed E-state index contributed by atoms with van der Waals surface area (Å²) in [6, 6.07) is 2.62. The van der Waals surface area contributed by atoms with Crippen molar-refractivity contribution in [1.82, 2.24) is 10.2 Å². The average Bonchev–Trinajstić information content (AvgIpc) is 2.92. The van der Waals surface area contributed by atoms with E-state index in [1.54, 1.807) is 31.4 Å². The summed E-state index contributed by atoms with van der Waals surface area (Å²) >= 11 is 1.28. The fourth-order valence-corrected chi connectivity index (χ4v) is 2.54. The average molecular weight is 312 g/mol. The maximum atomic E-state index is 12.4. The van der Waals surface area contributed by atoms with Crippen LogP contribution in [0, 0.1) is 0 Å². The van der Waals surface area contributed by atoms with E-state index in [4.69, 9.17) is 0 Å². The Balaban J connectivity index is 2.81. The molecule has 7 heteroatoms. The molecule has 0 saturated heterocycles. The number of hydrogen-bond acceptors (Lipinski definition) is 4. The highest BCUT2D eigenvalue weighted by molar-refractivity contribution is 7.12. The second-order valence-corrected chi connectivity index (χ2v) is 6.07. The second-order valence-electron chi connectivity index (χ2n) is 5.12. The van der Waals surface area contributed by atoms with E-state index < -0.39 is 23.5 Å². The van der Waals surface area contributed by atoms with Gasteiger partial charge in [-0.05, 0) is 39.1 Å². The van der Waals surface area contributed by atoms with E-state index in [0.29, 0.717) is 4.88 Å². The molecule has 1 heterocycles. The van der Waals surface area contributed by atoms with Crippen LogP contribution in [-0.2, 0) is 9.59 Å². The topological polar surface area (TPSA) is 86.7 Å². The lowest BCUT2D eigenvalue weighted by atomic mass is 10.0. The van der Waals surface area contributed by atoms with Crippen molar-refractivity contribution in [1.29, 1.82) is 0 Å². The fraction of sp³-hybridized carbons (Fsp3) is 0.500. The number of carboxylic acids is 1. The van der Waals surface area contributed by atoms with Crippen LogP contribution in [0.4, 0.5) is 0 Å². The fourth-order valence-electron chi connectivity index (χ4n) is 1.91. The molecule has 1 aromatic heterocycles. The lowest BCUT2D eigenvalue weighted by Crippen LogP contribution is -2.57. The van der Waals surface area contributed by atoms with Crippen LogP contribution in [0.2, 0.25) is 0 Å². The number of rotatable bonds is 6. The number of thiophene rings is 1. The summed E-state index contributed by atoms with van der Waals surface area (Å²) in [6.07, 6.45) is 0. The van der Waals surface area contributed by atoms with Gasteiger partial charge in [0.25, 0.3) is 5.91 Å². The summed E-state index contributed by atoms with van der Waals surface area (Å²) in [5, 5.41) is 13.6. The van der Waals surface area contributed by atoms with E-state index in [1.165, 1.54) is 30.1 Å². The number of nitrogens with zero attached hydrogens (tertiary/aromatic N) is 1. The number of likely N-dealkylation sites (N-methyl/N-ethyl adjacent to an activating group) is 1. The van der Waals surface area contributed by atoms with Gasteiger partial charge in [-0.15, -0.1) is 11.3 Å². The van der Waals surface area contributed by atoms with Crippen molar-refractivity contribution >= 4 is 29.1 Å². The highest BCUT2D eigenvalue weighted by Gasteiger charge is 2.38.